The molecule has 1 aliphatic rings. The number of amidine groups is 1. The topological polar surface area (TPSA) is 44.7 Å². The first-order chi connectivity index (χ1) is 6.19. The Kier molecular flexibility index (Phi) is 2.84. The van der Waals surface area contributed by atoms with Gasteiger partial charge in [-0.1, -0.05) is 12.7 Å². The second kappa shape index (κ2) is 3.89. The number of urea groups is 1. The van der Waals surface area contributed by atoms with Gasteiger partial charge in [-0.15, -0.1) is 0 Å². The maximum Gasteiger partial charge on any atom is 0.323 e. The molecule has 1 aliphatic heterocycles. The van der Waals surface area contributed by atoms with Gasteiger partial charge in [0.2, 0.25) is 0 Å². The summed E-state index contributed by atoms with van der Waals surface area (Å²) in [4.78, 5) is 16.8. The van der Waals surface area contributed by atoms with Gasteiger partial charge in [-0.3, -0.25) is 5.32 Å². The number of rotatable bonds is 1. The van der Waals surface area contributed by atoms with E-state index in [1.807, 2.05) is 13.0 Å². The molecule has 1 saturated heterocycles. The minimum Gasteiger partial charge on any atom is -0.323 e. The fourth-order valence-corrected chi connectivity index (χ4v) is 1.11. The molecule has 0 atom stereocenters. The summed E-state index contributed by atoms with van der Waals surface area (Å²) in [7, 11) is 1.74. The number of hydrogen-bond acceptors (Lipinski definition) is 2. The Morgan fingerprint density at radius 2 is 2.38 bits per heavy atom. The van der Waals surface area contributed by atoms with Crippen LogP contribution in [0.25, 0.3) is 0 Å². The Morgan fingerprint density at radius 1 is 1.69 bits per heavy atom. The largest absolute Gasteiger partial charge is 0.323 e. The highest BCUT2D eigenvalue weighted by molar-refractivity contribution is 6.10. The van der Waals surface area contributed by atoms with Crippen LogP contribution in [0.15, 0.2) is 29.4 Å². The van der Waals surface area contributed by atoms with Crippen molar-refractivity contribution >= 4 is 11.9 Å². The lowest BCUT2D eigenvalue weighted by Gasteiger charge is -2.26. The van der Waals surface area contributed by atoms with Gasteiger partial charge in [0, 0.05) is 18.8 Å². The predicted octanol–water partition coefficient (Wildman–Crippen LogP) is 1.13. The second-order valence-electron chi connectivity index (χ2n) is 2.76. The third-order valence-electron chi connectivity index (χ3n) is 1.85. The van der Waals surface area contributed by atoms with E-state index in [0.717, 1.165) is 5.57 Å². The molecule has 4 nitrogen and oxygen atoms in total. The number of carbonyl (C=O) groups excluding carboxylic acids is 1. The number of nitrogens with zero attached hydrogens (tertiary/aromatic N) is 2. The molecule has 1 fully saturated rings. The van der Waals surface area contributed by atoms with E-state index < -0.39 is 0 Å². The van der Waals surface area contributed by atoms with Crippen molar-refractivity contribution < 1.29 is 4.79 Å². The zero-order valence-electron chi connectivity index (χ0n) is 7.87. The zero-order chi connectivity index (χ0) is 9.84. The first-order valence-electron chi connectivity index (χ1n) is 4.05. The molecule has 0 unspecified atom stereocenters. The highest BCUT2D eigenvalue weighted by Crippen LogP contribution is 2.06. The van der Waals surface area contributed by atoms with E-state index in [-0.39, 0.29) is 6.03 Å². The van der Waals surface area contributed by atoms with E-state index in [4.69, 9.17) is 0 Å². The molecular formula is C9H13N3O. The van der Waals surface area contributed by atoms with Crippen molar-refractivity contribution in [2.45, 2.75) is 6.92 Å². The van der Waals surface area contributed by atoms with Crippen LogP contribution < -0.4 is 5.32 Å². The number of hydrogen-bond donors (Lipinski definition) is 1. The van der Waals surface area contributed by atoms with Crippen LogP contribution in [0, 0.1) is 0 Å². The quantitative estimate of drug-likeness (QED) is 0.644. The van der Waals surface area contributed by atoms with E-state index >= 15 is 0 Å². The van der Waals surface area contributed by atoms with Gasteiger partial charge in [-0.25, -0.2) is 9.79 Å². The molecule has 0 aromatic carbocycles. The van der Waals surface area contributed by atoms with Crippen LogP contribution in [0.5, 0.6) is 0 Å². The number of carbonyl (C=O) groups is 1. The number of likely N-dealkylation sites (N-methyl/N-ethyl adjacent to an activating group) is 1. The summed E-state index contributed by atoms with van der Waals surface area (Å²) >= 11 is 0. The summed E-state index contributed by atoms with van der Waals surface area (Å²) in [5.74, 6) is 0.598. The van der Waals surface area contributed by atoms with Crippen molar-refractivity contribution in [2.24, 2.45) is 4.99 Å². The Hall–Kier alpha value is -1.58. The molecule has 4 heteroatoms. The minimum atomic E-state index is -0.133. The van der Waals surface area contributed by atoms with Crippen LogP contribution in [0.1, 0.15) is 6.92 Å². The lowest BCUT2D eigenvalue weighted by Crippen LogP contribution is -2.48. The van der Waals surface area contributed by atoms with Gasteiger partial charge in [0.1, 0.15) is 5.84 Å². The Bertz CT molecular complexity index is 291. The van der Waals surface area contributed by atoms with E-state index in [1.54, 1.807) is 11.9 Å². The van der Waals surface area contributed by atoms with Crippen molar-refractivity contribution in [1.29, 1.82) is 0 Å². The molecule has 2 amide bonds. The van der Waals surface area contributed by atoms with Gasteiger partial charge in [-0.2, -0.15) is 0 Å². The van der Waals surface area contributed by atoms with Crippen LogP contribution in [-0.2, 0) is 0 Å². The minimum absolute atomic E-state index is 0.133. The fraction of sp³-hybridized carbons (Fsp3) is 0.333. The van der Waals surface area contributed by atoms with Gasteiger partial charge >= 0.3 is 6.03 Å². The smallest absolute Gasteiger partial charge is 0.323 e. The summed E-state index contributed by atoms with van der Waals surface area (Å²) < 4.78 is 0. The normalized spacial score (nSPS) is 23.5. The average molecular weight is 179 g/mol. The average Bonchev–Trinajstić information content (AvgIpc) is 2.11. The third kappa shape index (κ3) is 1.96. The van der Waals surface area contributed by atoms with Gasteiger partial charge in [0.05, 0.1) is 6.54 Å². The van der Waals surface area contributed by atoms with Gasteiger partial charge in [0.25, 0.3) is 0 Å². The molecule has 0 aliphatic carbocycles. The summed E-state index contributed by atoms with van der Waals surface area (Å²) in [6.45, 7) is 6.00. The van der Waals surface area contributed by atoms with Crippen molar-refractivity contribution in [3.05, 3.63) is 24.4 Å². The highest BCUT2D eigenvalue weighted by atomic mass is 16.2. The molecular weight excluding hydrogens is 166 g/mol. The van der Waals surface area contributed by atoms with Crippen LogP contribution in [0.3, 0.4) is 0 Å². The number of allylic oxidation sites excluding steroid dienone is 1. The first kappa shape index (κ1) is 9.51. The molecule has 1 N–H and O–H groups in total. The molecule has 0 spiro atoms. The Labute approximate surface area is 77.6 Å². The summed E-state index contributed by atoms with van der Waals surface area (Å²) in [6, 6.07) is -0.133. The van der Waals surface area contributed by atoms with Crippen LogP contribution >= 0.6 is 0 Å². The van der Waals surface area contributed by atoms with Crippen molar-refractivity contribution in [3.63, 3.8) is 0 Å². The van der Waals surface area contributed by atoms with Crippen molar-refractivity contribution in [1.82, 2.24) is 10.2 Å². The molecule has 1 heterocycles. The SMILES string of the molecule is C=CN=C1NC(=O)N(C)C/C1=C/C. The van der Waals surface area contributed by atoms with Gasteiger partial charge in [0.15, 0.2) is 0 Å². The van der Waals surface area contributed by atoms with Crippen molar-refractivity contribution in [2.75, 3.05) is 13.6 Å². The molecule has 0 saturated carbocycles. The van der Waals surface area contributed by atoms with E-state index in [0.29, 0.717) is 12.4 Å². The van der Waals surface area contributed by atoms with Gasteiger partial charge in [-0.05, 0) is 6.92 Å². The monoisotopic (exact) mass is 179 g/mol. The van der Waals surface area contributed by atoms with Gasteiger partial charge < -0.3 is 4.90 Å². The Balaban J connectivity index is 2.91. The van der Waals surface area contributed by atoms with E-state index in [1.165, 1.54) is 6.20 Å². The number of nitrogens with one attached hydrogen (secondary N) is 1. The van der Waals surface area contributed by atoms with E-state index in [2.05, 4.69) is 16.9 Å². The number of amides is 2. The lowest BCUT2D eigenvalue weighted by atomic mass is 10.2. The van der Waals surface area contributed by atoms with Crippen LogP contribution in [0.4, 0.5) is 4.79 Å². The predicted molar refractivity (Wildman–Crippen MR) is 52.6 cm³/mol. The second-order valence-corrected chi connectivity index (χ2v) is 2.76. The maximum atomic E-state index is 11.2. The Morgan fingerprint density at radius 3 is 2.92 bits per heavy atom. The molecule has 70 valence electrons. The van der Waals surface area contributed by atoms with E-state index in [9.17, 15) is 4.79 Å². The molecule has 1 rings (SSSR count). The molecule has 0 aromatic rings. The maximum absolute atomic E-state index is 11.2. The molecule has 0 bridgehead atoms. The fourth-order valence-electron chi connectivity index (χ4n) is 1.11. The molecule has 0 radical (unpaired) electrons. The number of aliphatic imine (C=N–C) groups is 1. The lowest BCUT2D eigenvalue weighted by molar-refractivity contribution is 0.215. The highest BCUT2D eigenvalue weighted by Gasteiger charge is 2.21. The van der Waals surface area contributed by atoms with Crippen LogP contribution in [-0.4, -0.2) is 30.4 Å². The summed E-state index contributed by atoms with van der Waals surface area (Å²) in [5, 5.41) is 2.67. The molecule has 0 aromatic heterocycles. The third-order valence-corrected chi connectivity index (χ3v) is 1.85. The summed E-state index contributed by atoms with van der Waals surface area (Å²) in [5.41, 5.74) is 1.00. The first-order valence-corrected chi connectivity index (χ1v) is 4.05. The summed E-state index contributed by atoms with van der Waals surface area (Å²) in [6.07, 6.45) is 3.35. The molecule has 13 heavy (non-hydrogen) atoms. The zero-order valence-corrected chi connectivity index (χ0v) is 7.87. The standard InChI is InChI=1S/C9H13N3O/c1-4-7-6-12(3)9(13)11-8(7)10-5-2/h4-5H,2,6H2,1,3H3,(H,10,11,13)/b7-4-. The van der Waals surface area contributed by atoms with Crippen molar-refractivity contribution in [3.8, 4) is 0 Å². The van der Waals surface area contributed by atoms with Crippen LogP contribution in [0.2, 0.25) is 0 Å².